The SMILES string of the molecule is C[C@H](c1nc(-c2ccc(C#N)cc2)cs1)[C@](O)(Cn1cncn1)c1cc(F)c(F)cc1F. The van der Waals surface area contributed by atoms with Crippen molar-refractivity contribution < 1.29 is 18.3 Å². The molecule has 0 saturated carbocycles. The lowest BCUT2D eigenvalue weighted by Crippen LogP contribution is -2.38. The molecule has 0 aliphatic rings. The zero-order valence-corrected chi connectivity index (χ0v) is 17.5. The third-order valence-corrected chi connectivity index (χ3v) is 6.29. The van der Waals surface area contributed by atoms with Crippen molar-refractivity contribution in [1.29, 1.82) is 5.26 Å². The second-order valence-electron chi connectivity index (χ2n) is 7.25. The van der Waals surface area contributed by atoms with Crippen LogP contribution in [0.4, 0.5) is 13.2 Å². The largest absolute Gasteiger partial charge is 0.382 e. The molecule has 0 aliphatic carbocycles. The molecule has 162 valence electrons. The number of rotatable bonds is 6. The van der Waals surface area contributed by atoms with Gasteiger partial charge in [0.25, 0.3) is 0 Å². The molecule has 4 rings (SSSR count). The van der Waals surface area contributed by atoms with Gasteiger partial charge in [0.2, 0.25) is 0 Å². The van der Waals surface area contributed by atoms with E-state index in [0.717, 1.165) is 5.56 Å². The van der Waals surface area contributed by atoms with Crippen molar-refractivity contribution in [2.24, 2.45) is 0 Å². The minimum absolute atomic E-state index is 0.262. The Morgan fingerprint density at radius 1 is 1.16 bits per heavy atom. The molecule has 0 saturated heterocycles. The van der Waals surface area contributed by atoms with Crippen molar-refractivity contribution >= 4 is 11.3 Å². The van der Waals surface area contributed by atoms with Crippen LogP contribution in [0.1, 0.15) is 29.0 Å². The highest BCUT2D eigenvalue weighted by atomic mass is 32.1. The molecule has 32 heavy (non-hydrogen) atoms. The first kappa shape index (κ1) is 21.7. The Labute approximate surface area is 185 Å². The fraction of sp³-hybridized carbons (Fsp3) is 0.182. The van der Waals surface area contributed by atoms with Crippen LogP contribution in [-0.2, 0) is 12.1 Å². The maximum atomic E-state index is 14.7. The highest BCUT2D eigenvalue weighted by Gasteiger charge is 2.42. The lowest BCUT2D eigenvalue weighted by Gasteiger charge is -2.33. The van der Waals surface area contributed by atoms with Crippen LogP contribution in [0.2, 0.25) is 0 Å². The molecule has 0 spiro atoms. The number of nitriles is 1. The summed E-state index contributed by atoms with van der Waals surface area (Å²) in [5.41, 5.74) is -0.539. The Hall–Kier alpha value is -3.55. The molecule has 4 aromatic rings. The van der Waals surface area contributed by atoms with Gasteiger partial charge >= 0.3 is 0 Å². The molecule has 2 atom stereocenters. The van der Waals surface area contributed by atoms with Crippen LogP contribution in [0.25, 0.3) is 11.3 Å². The molecule has 6 nitrogen and oxygen atoms in total. The summed E-state index contributed by atoms with van der Waals surface area (Å²) in [4.78, 5) is 8.39. The van der Waals surface area contributed by atoms with Gasteiger partial charge in [0.05, 0.1) is 28.9 Å². The van der Waals surface area contributed by atoms with E-state index in [0.29, 0.717) is 28.4 Å². The number of hydrogen-bond acceptors (Lipinski definition) is 6. The number of aliphatic hydroxyl groups is 1. The fourth-order valence-electron chi connectivity index (χ4n) is 3.41. The van der Waals surface area contributed by atoms with E-state index >= 15 is 0 Å². The molecule has 1 N–H and O–H groups in total. The third-order valence-electron chi connectivity index (χ3n) is 5.26. The average Bonchev–Trinajstić information content (AvgIpc) is 3.48. The topological polar surface area (TPSA) is 87.6 Å². The van der Waals surface area contributed by atoms with Crippen LogP contribution < -0.4 is 0 Å². The number of thiazole rings is 1. The minimum Gasteiger partial charge on any atom is -0.382 e. The van der Waals surface area contributed by atoms with E-state index in [1.165, 1.54) is 28.7 Å². The summed E-state index contributed by atoms with van der Waals surface area (Å²) in [5.74, 6) is -4.52. The highest BCUT2D eigenvalue weighted by Crippen LogP contribution is 2.41. The van der Waals surface area contributed by atoms with E-state index in [9.17, 15) is 18.3 Å². The van der Waals surface area contributed by atoms with Gasteiger partial charge in [-0.25, -0.2) is 27.8 Å². The molecule has 0 unspecified atom stereocenters. The zero-order valence-electron chi connectivity index (χ0n) is 16.7. The molecule has 10 heteroatoms. The van der Waals surface area contributed by atoms with E-state index in [4.69, 9.17) is 5.26 Å². The summed E-state index contributed by atoms with van der Waals surface area (Å²) in [7, 11) is 0. The van der Waals surface area contributed by atoms with Gasteiger partial charge in [0.15, 0.2) is 11.6 Å². The molecule has 0 amide bonds. The Morgan fingerprint density at radius 3 is 2.53 bits per heavy atom. The Kier molecular flexibility index (Phi) is 5.78. The van der Waals surface area contributed by atoms with Gasteiger partial charge in [0.1, 0.15) is 24.1 Å². The van der Waals surface area contributed by atoms with Gasteiger partial charge in [-0.05, 0) is 18.2 Å². The molecule has 2 aromatic heterocycles. The Balaban J connectivity index is 1.76. The average molecular weight is 455 g/mol. The van der Waals surface area contributed by atoms with Crippen LogP contribution in [0.5, 0.6) is 0 Å². The van der Waals surface area contributed by atoms with Gasteiger partial charge in [-0.1, -0.05) is 19.1 Å². The van der Waals surface area contributed by atoms with E-state index in [1.807, 2.05) is 6.07 Å². The summed E-state index contributed by atoms with van der Waals surface area (Å²) < 4.78 is 43.5. The summed E-state index contributed by atoms with van der Waals surface area (Å²) >= 11 is 1.24. The molecule has 0 aliphatic heterocycles. The number of hydrogen-bond donors (Lipinski definition) is 1. The summed E-state index contributed by atoms with van der Waals surface area (Å²) in [6, 6.07) is 9.94. The van der Waals surface area contributed by atoms with E-state index in [1.54, 1.807) is 36.6 Å². The van der Waals surface area contributed by atoms with Crippen LogP contribution >= 0.6 is 11.3 Å². The van der Waals surface area contributed by atoms with Crippen LogP contribution in [0.15, 0.2) is 54.4 Å². The monoisotopic (exact) mass is 455 g/mol. The quantitative estimate of drug-likeness (QED) is 0.436. The number of benzene rings is 2. The van der Waals surface area contributed by atoms with Crippen molar-refractivity contribution in [2.75, 3.05) is 0 Å². The predicted molar refractivity (Wildman–Crippen MR) is 111 cm³/mol. The molecular weight excluding hydrogens is 439 g/mol. The summed E-state index contributed by atoms with van der Waals surface area (Å²) in [6.45, 7) is 1.36. The maximum Gasteiger partial charge on any atom is 0.161 e. The smallest absolute Gasteiger partial charge is 0.161 e. The second-order valence-corrected chi connectivity index (χ2v) is 8.13. The Bertz CT molecular complexity index is 1280. The maximum absolute atomic E-state index is 14.7. The molecule has 0 radical (unpaired) electrons. The standard InChI is InChI=1S/C22H16F3N5OS/c1-13(21-29-20(9-32-21)15-4-2-14(8-26)3-5-15)22(31,10-30-12-27-11-28-30)16-6-18(24)19(25)7-17(16)23/h2-7,9,11-13,31H,10H2,1H3/t13-,22-/m1/s1. The number of aromatic nitrogens is 4. The first-order valence-electron chi connectivity index (χ1n) is 9.47. The molecule has 2 heterocycles. The third kappa shape index (κ3) is 4.00. The van der Waals surface area contributed by atoms with Crippen molar-refractivity contribution in [3.8, 4) is 17.3 Å². The molecule has 0 fully saturated rings. The van der Waals surface area contributed by atoms with Crippen LogP contribution in [0, 0.1) is 28.8 Å². The second kappa shape index (κ2) is 8.53. The lowest BCUT2D eigenvalue weighted by molar-refractivity contribution is -0.0115. The van der Waals surface area contributed by atoms with Gasteiger partial charge in [-0.15, -0.1) is 11.3 Å². The fourth-order valence-corrected chi connectivity index (χ4v) is 4.38. The van der Waals surface area contributed by atoms with E-state index in [2.05, 4.69) is 15.1 Å². The number of nitrogens with zero attached hydrogens (tertiary/aromatic N) is 5. The van der Waals surface area contributed by atoms with Crippen LogP contribution in [0.3, 0.4) is 0 Å². The first-order valence-corrected chi connectivity index (χ1v) is 10.4. The van der Waals surface area contributed by atoms with E-state index < -0.39 is 34.5 Å². The van der Waals surface area contributed by atoms with Crippen LogP contribution in [-0.4, -0.2) is 24.9 Å². The van der Waals surface area contributed by atoms with Gasteiger partial charge in [0, 0.05) is 28.5 Å². The highest BCUT2D eigenvalue weighted by molar-refractivity contribution is 7.10. The molecule has 0 bridgehead atoms. The first-order chi connectivity index (χ1) is 15.3. The van der Waals surface area contributed by atoms with Crippen molar-refractivity contribution in [1.82, 2.24) is 19.7 Å². The molecule has 2 aromatic carbocycles. The van der Waals surface area contributed by atoms with Crippen molar-refractivity contribution in [3.63, 3.8) is 0 Å². The van der Waals surface area contributed by atoms with Crippen molar-refractivity contribution in [2.45, 2.75) is 25.0 Å². The summed E-state index contributed by atoms with van der Waals surface area (Å²) in [5, 5.41) is 26.8. The minimum atomic E-state index is -2.01. The van der Waals surface area contributed by atoms with E-state index in [-0.39, 0.29) is 6.54 Å². The zero-order chi connectivity index (χ0) is 22.9. The number of halogens is 3. The van der Waals surface area contributed by atoms with Gasteiger partial charge in [-0.3, -0.25) is 0 Å². The predicted octanol–water partition coefficient (Wildman–Crippen LogP) is 4.38. The van der Waals surface area contributed by atoms with Gasteiger partial charge < -0.3 is 5.11 Å². The van der Waals surface area contributed by atoms with Crippen molar-refractivity contribution in [3.05, 3.63) is 88.0 Å². The Morgan fingerprint density at radius 2 is 1.88 bits per heavy atom. The van der Waals surface area contributed by atoms with Gasteiger partial charge in [-0.2, -0.15) is 10.4 Å². The lowest BCUT2D eigenvalue weighted by atomic mass is 9.82. The summed E-state index contributed by atoms with van der Waals surface area (Å²) in [6.07, 6.45) is 2.58. The normalized spacial score (nSPS) is 14.0. The molecular formula is C22H16F3N5OS.